The molecular formula is C13H11BrF2N2. The Bertz CT molecular complexity index is 570. The number of nitrogens with zero attached hydrogens (tertiary/aromatic N) is 1. The predicted octanol–water partition coefficient (Wildman–Crippen LogP) is 4.08. The van der Waals surface area contributed by atoms with Gasteiger partial charge in [-0.3, -0.25) is 0 Å². The molecule has 94 valence electrons. The summed E-state index contributed by atoms with van der Waals surface area (Å²) in [6.07, 6.45) is 0. The molecule has 0 saturated carbocycles. The van der Waals surface area contributed by atoms with Gasteiger partial charge in [-0.05, 0) is 46.3 Å². The van der Waals surface area contributed by atoms with Gasteiger partial charge in [-0.2, -0.15) is 0 Å². The van der Waals surface area contributed by atoms with E-state index >= 15 is 0 Å². The Balaban J connectivity index is 2.42. The Labute approximate surface area is 112 Å². The number of nitrogen functional groups attached to an aromatic ring is 1. The molecule has 2 aromatic rings. The van der Waals surface area contributed by atoms with Gasteiger partial charge in [-0.15, -0.1) is 0 Å². The molecule has 0 aromatic heterocycles. The van der Waals surface area contributed by atoms with E-state index < -0.39 is 5.82 Å². The molecule has 5 heteroatoms. The molecule has 0 amide bonds. The van der Waals surface area contributed by atoms with Crippen LogP contribution in [0.3, 0.4) is 0 Å². The van der Waals surface area contributed by atoms with Crippen molar-refractivity contribution in [2.24, 2.45) is 0 Å². The van der Waals surface area contributed by atoms with Crippen LogP contribution in [-0.4, -0.2) is 7.05 Å². The van der Waals surface area contributed by atoms with Crippen LogP contribution in [0.5, 0.6) is 0 Å². The van der Waals surface area contributed by atoms with Crippen molar-refractivity contribution < 1.29 is 8.78 Å². The van der Waals surface area contributed by atoms with E-state index in [9.17, 15) is 8.78 Å². The van der Waals surface area contributed by atoms with E-state index in [0.717, 1.165) is 5.69 Å². The SMILES string of the molecule is CN(c1ccc(F)cc1)c1cc(F)c(Br)cc1N. The molecule has 2 rings (SSSR count). The van der Waals surface area contributed by atoms with E-state index in [-0.39, 0.29) is 5.82 Å². The fourth-order valence-corrected chi connectivity index (χ4v) is 2.01. The van der Waals surface area contributed by atoms with Crippen LogP contribution in [0.25, 0.3) is 0 Å². The Morgan fingerprint density at radius 3 is 2.33 bits per heavy atom. The number of benzene rings is 2. The first kappa shape index (κ1) is 12.8. The number of rotatable bonds is 2. The van der Waals surface area contributed by atoms with Crippen LogP contribution >= 0.6 is 15.9 Å². The highest BCUT2D eigenvalue weighted by molar-refractivity contribution is 9.10. The summed E-state index contributed by atoms with van der Waals surface area (Å²) in [5.74, 6) is -0.713. The molecular weight excluding hydrogens is 302 g/mol. The highest BCUT2D eigenvalue weighted by atomic mass is 79.9. The number of hydrogen-bond acceptors (Lipinski definition) is 2. The maximum atomic E-state index is 13.5. The second-order valence-electron chi connectivity index (χ2n) is 3.86. The molecule has 0 unspecified atom stereocenters. The third kappa shape index (κ3) is 2.46. The van der Waals surface area contributed by atoms with Gasteiger partial charge in [0.05, 0.1) is 15.8 Å². The monoisotopic (exact) mass is 312 g/mol. The molecule has 0 aliphatic carbocycles. The molecule has 2 aromatic carbocycles. The molecule has 0 radical (unpaired) electrons. The average molecular weight is 313 g/mol. The Hall–Kier alpha value is -1.62. The molecule has 0 spiro atoms. The van der Waals surface area contributed by atoms with E-state index in [1.165, 1.54) is 24.3 Å². The molecule has 18 heavy (non-hydrogen) atoms. The molecule has 0 aliphatic rings. The summed E-state index contributed by atoms with van der Waals surface area (Å²) in [5.41, 5.74) is 7.54. The Morgan fingerprint density at radius 1 is 1.11 bits per heavy atom. The van der Waals surface area contributed by atoms with Crippen molar-refractivity contribution in [2.75, 3.05) is 17.7 Å². The second-order valence-corrected chi connectivity index (χ2v) is 4.71. The van der Waals surface area contributed by atoms with Crippen LogP contribution < -0.4 is 10.6 Å². The van der Waals surface area contributed by atoms with Crippen LogP contribution in [0.15, 0.2) is 40.9 Å². The largest absolute Gasteiger partial charge is 0.397 e. The summed E-state index contributed by atoms with van der Waals surface area (Å²) in [6.45, 7) is 0. The molecule has 0 saturated heterocycles. The third-order valence-electron chi connectivity index (χ3n) is 2.64. The van der Waals surface area contributed by atoms with E-state index in [1.54, 1.807) is 24.1 Å². The zero-order valence-electron chi connectivity index (χ0n) is 9.62. The molecule has 2 N–H and O–H groups in total. The molecule has 2 nitrogen and oxygen atoms in total. The Kier molecular flexibility index (Phi) is 3.52. The van der Waals surface area contributed by atoms with Gasteiger partial charge >= 0.3 is 0 Å². The average Bonchev–Trinajstić information content (AvgIpc) is 2.34. The molecule has 0 bridgehead atoms. The van der Waals surface area contributed by atoms with E-state index in [4.69, 9.17) is 5.73 Å². The molecule has 0 heterocycles. The van der Waals surface area contributed by atoms with Gasteiger partial charge in [-0.1, -0.05) is 0 Å². The Morgan fingerprint density at radius 2 is 1.72 bits per heavy atom. The van der Waals surface area contributed by atoms with E-state index in [2.05, 4.69) is 15.9 Å². The summed E-state index contributed by atoms with van der Waals surface area (Å²) < 4.78 is 26.7. The lowest BCUT2D eigenvalue weighted by molar-refractivity contribution is 0.621. The van der Waals surface area contributed by atoms with Gasteiger partial charge in [0.1, 0.15) is 11.6 Å². The fourth-order valence-electron chi connectivity index (χ4n) is 1.65. The summed E-state index contributed by atoms with van der Waals surface area (Å²) in [6, 6.07) is 8.74. The minimum Gasteiger partial charge on any atom is -0.397 e. The van der Waals surface area contributed by atoms with Gasteiger partial charge < -0.3 is 10.6 Å². The maximum absolute atomic E-state index is 13.5. The van der Waals surface area contributed by atoms with Gasteiger partial charge in [0.2, 0.25) is 0 Å². The highest BCUT2D eigenvalue weighted by Crippen LogP contribution is 2.32. The number of nitrogens with two attached hydrogens (primary N) is 1. The van der Waals surface area contributed by atoms with Crippen molar-refractivity contribution in [2.45, 2.75) is 0 Å². The quantitative estimate of drug-likeness (QED) is 0.847. The number of hydrogen-bond donors (Lipinski definition) is 1. The van der Waals surface area contributed by atoms with Gasteiger partial charge in [0.15, 0.2) is 0 Å². The summed E-state index contributed by atoms with van der Waals surface area (Å²) in [5, 5.41) is 0. The zero-order valence-corrected chi connectivity index (χ0v) is 11.2. The summed E-state index contributed by atoms with van der Waals surface area (Å²) >= 11 is 3.07. The van der Waals surface area contributed by atoms with Crippen LogP contribution in [-0.2, 0) is 0 Å². The lowest BCUT2D eigenvalue weighted by atomic mass is 10.2. The van der Waals surface area contributed by atoms with Crippen LogP contribution in [0.1, 0.15) is 0 Å². The van der Waals surface area contributed by atoms with Gasteiger partial charge in [0.25, 0.3) is 0 Å². The highest BCUT2D eigenvalue weighted by Gasteiger charge is 2.11. The van der Waals surface area contributed by atoms with Gasteiger partial charge in [0, 0.05) is 18.8 Å². The first-order valence-corrected chi connectivity index (χ1v) is 6.02. The van der Waals surface area contributed by atoms with Crippen molar-refractivity contribution in [3.05, 3.63) is 52.5 Å². The van der Waals surface area contributed by atoms with E-state index in [0.29, 0.717) is 15.8 Å². The normalized spacial score (nSPS) is 10.4. The van der Waals surface area contributed by atoms with Crippen LogP contribution in [0, 0.1) is 11.6 Å². The van der Waals surface area contributed by atoms with Crippen molar-refractivity contribution in [1.29, 1.82) is 0 Å². The zero-order chi connectivity index (χ0) is 13.3. The summed E-state index contributed by atoms with van der Waals surface area (Å²) in [4.78, 5) is 1.70. The van der Waals surface area contributed by atoms with Crippen LogP contribution in [0.2, 0.25) is 0 Å². The van der Waals surface area contributed by atoms with Crippen molar-refractivity contribution in [1.82, 2.24) is 0 Å². The third-order valence-corrected chi connectivity index (χ3v) is 3.25. The van der Waals surface area contributed by atoms with E-state index in [1.807, 2.05) is 0 Å². The predicted molar refractivity (Wildman–Crippen MR) is 73.0 cm³/mol. The van der Waals surface area contributed by atoms with Crippen molar-refractivity contribution in [3.63, 3.8) is 0 Å². The first-order chi connectivity index (χ1) is 8.49. The lowest BCUT2D eigenvalue weighted by Gasteiger charge is -2.21. The maximum Gasteiger partial charge on any atom is 0.139 e. The number of halogens is 3. The lowest BCUT2D eigenvalue weighted by Crippen LogP contribution is -2.12. The molecule has 0 fully saturated rings. The smallest absolute Gasteiger partial charge is 0.139 e. The van der Waals surface area contributed by atoms with Crippen LogP contribution in [0.4, 0.5) is 25.8 Å². The standard InChI is InChI=1S/C13H11BrF2N2/c1-18(9-4-2-8(15)3-5-9)13-7-11(16)10(14)6-12(13)17/h2-7H,17H2,1H3. The first-order valence-electron chi connectivity index (χ1n) is 5.23. The number of anilines is 3. The molecule has 0 aliphatic heterocycles. The second kappa shape index (κ2) is 4.94. The summed E-state index contributed by atoms with van der Waals surface area (Å²) in [7, 11) is 1.74. The fraction of sp³-hybridized carbons (Fsp3) is 0.0769. The van der Waals surface area contributed by atoms with Crippen molar-refractivity contribution in [3.8, 4) is 0 Å². The molecule has 0 atom stereocenters. The van der Waals surface area contributed by atoms with Crippen molar-refractivity contribution >= 4 is 33.0 Å². The van der Waals surface area contributed by atoms with Gasteiger partial charge in [-0.25, -0.2) is 8.78 Å². The minimum atomic E-state index is -0.395. The topological polar surface area (TPSA) is 29.3 Å². The minimum absolute atomic E-state index is 0.316.